The Morgan fingerprint density at radius 3 is 2.79 bits per heavy atom. The van der Waals surface area contributed by atoms with Crippen LogP contribution in [0.1, 0.15) is 30.4 Å². The monoisotopic (exact) mass is 183 g/mol. The first kappa shape index (κ1) is 9.02. The van der Waals surface area contributed by atoms with Crippen LogP contribution in [0.2, 0.25) is 0 Å². The van der Waals surface area contributed by atoms with Crippen molar-refractivity contribution in [2.75, 3.05) is 0 Å². The lowest BCUT2D eigenvalue weighted by Gasteiger charge is -2.06. The summed E-state index contributed by atoms with van der Waals surface area (Å²) in [6.45, 7) is 0. The van der Waals surface area contributed by atoms with Crippen molar-refractivity contribution in [2.45, 2.75) is 25.7 Å². The van der Waals surface area contributed by atoms with Crippen molar-refractivity contribution < 1.29 is 0 Å². The molecular formula is C13H13N. The van der Waals surface area contributed by atoms with Crippen LogP contribution in [0.15, 0.2) is 30.3 Å². The highest BCUT2D eigenvalue weighted by Gasteiger charge is 2.10. The van der Waals surface area contributed by atoms with Crippen molar-refractivity contribution in [3.63, 3.8) is 0 Å². The van der Waals surface area contributed by atoms with Gasteiger partial charge in [-0.05, 0) is 42.4 Å². The van der Waals surface area contributed by atoms with E-state index in [0.29, 0.717) is 0 Å². The molecule has 0 unspecified atom stereocenters. The van der Waals surface area contributed by atoms with Crippen LogP contribution in [0.4, 0.5) is 0 Å². The Bertz CT molecular complexity index is 396. The molecule has 1 aromatic rings. The molecule has 70 valence electrons. The van der Waals surface area contributed by atoms with Crippen LogP contribution < -0.4 is 0 Å². The van der Waals surface area contributed by atoms with E-state index >= 15 is 0 Å². The van der Waals surface area contributed by atoms with Crippen LogP contribution in [0.25, 0.3) is 5.57 Å². The van der Waals surface area contributed by atoms with E-state index in [9.17, 15) is 0 Å². The number of allylic oxidation sites excluding steroid dienone is 2. The SMILES string of the molecule is N#C/C=C1/CCCCc2ccccc21. The maximum absolute atomic E-state index is 8.71. The van der Waals surface area contributed by atoms with Crippen LogP contribution in [0.5, 0.6) is 0 Å². The molecular weight excluding hydrogens is 170 g/mol. The van der Waals surface area contributed by atoms with Gasteiger partial charge < -0.3 is 0 Å². The lowest BCUT2D eigenvalue weighted by atomic mass is 9.98. The summed E-state index contributed by atoms with van der Waals surface area (Å²) >= 11 is 0. The number of benzene rings is 1. The zero-order valence-electron chi connectivity index (χ0n) is 8.16. The minimum absolute atomic E-state index is 1.05. The normalized spacial score (nSPS) is 18.4. The van der Waals surface area contributed by atoms with Crippen molar-refractivity contribution in [3.8, 4) is 6.07 Å². The van der Waals surface area contributed by atoms with E-state index < -0.39 is 0 Å². The molecule has 0 bridgehead atoms. The number of fused-ring (bicyclic) bond motifs is 1. The van der Waals surface area contributed by atoms with Crippen LogP contribution in [-0.2, 0) is 6.42 Å². The number of hydrogen-bond donors (Lipinski definition) is 0. The van der Waals surface area contributed by atoms with Gasteiger partial charge in [0.05, 0.1) is 6.07 Å². The van der Waals surface area contributed by atoms with E-state index in [1.807, 2.05) is 0 Å². The van der Waals surface area contributed by atoms with Gasteiger partial charge in [-0.3, -0.25) is 0 Å². The minimum atomic E-state index is 1.05. The van der Waals surface area contributed by atoms with Gasteiger partial charge in [-0.1, -0.05) is 24.3 Å². The molecule has 0 saturated carbocycles. The Morgan fingerprint density at radius 2 is 1.93 bits per heavy atom. The van der Waals surface area contributed by atoms with Gasteiger partial charge >= 0.3 is 0 Å². The van der Waals surface area contributed by atoms with E-state index in [1.165, 1.54) is 29.5 Å². The number of rotatable bonds is 0. The Hall–Kier alpha value is -1.55. The third-order valence-corrected chi connectivity index (χ3v) is 2.74. The van der Waals surface area contributed by atoms with Crippen LogP contribution in [0.3, 0.4) is 0 Å². The van der Waals surface area contributed by atoms with Gasteiger partial charge in [-0.15, -0.1) is 0 Å². The van der Waals surface area contributed by atoms with Gasteiger partial charge in [0.25, 0.3) is 0 Å². The molecule has 0 spiro atoms. The van der Waals surface area contributed by atoms with Crippen LogP contribution in [0, 0.1) is 11.3 Å². The summed E-state index contributed by atoms with van der Waals surface area (Å²) in [4.78, 5) is 0. The second-order valence-electron chi connectivity index (χ2n) is 3.66. The maximum Gasteiger partial charge on any atom is 0.0915 e. The largest absolute Gasteiger partial charge is 0.193 e. The summed E-state index contributed by atoms with van der Waals surface area (Å²) in [5.74, 6) is 0. The third kappa shape index (κ3) is 1.70. The van der Waals surface area contributed by atoms with E-state index in [2.05, 4.69) is 30.3 Å². The van der Waals surface area contributed by atoms with Gasteiger partial charge in [0.2, 0.25) is 0 Å². The molecule has 1 heteroatoms. The average molecular weight is 183 g/mol. The van der Waals surface area contributed by atoms with Crippen molar-refractivity contribution in [1.82, 2.24) is 0 Å². The van der Waals surface area contributed by atoms with Gasteiger partial charge in [0.1, 0.15) is 0 Å². The predicted octanol–water partition coefficient (Wildman–Crippen LogP) is 3.32. The first-order valence-electron chi connectivity index (χ1n) is 5.09. The van der Waals surface area contributed by atoms with Crippen molar-refractivity contribution in [2.24, 2.45) is 0 Å². The quantitative estimate of drug-likeness (QED) is 0.447. The predicted molar refractivity (Wildman–Crippen MR) is 57.6 cm³/mol. The maximum atomic E-state index is 8.71. The molecule has 1 nitrogen and oxygen atoms in total. The summed E-state index contributed by atoms with van der Waals surface area (Å²) < 4.78 is 0. The molecule has 0 aromatic heterocycles. The van der Waals surface area contributed by atoms with Gasteiger partial charge in [-0.25, -0.2) is 0 Å². The van der Waals surface area contributed by atoms with E-state index in [-0.39, 0.29) is 0 Å². The molecule has 0 fully saturated rings. The van der Waals surface area contributed by atoms with Gasteiger partial charge in [-0.2, -0.15) is 5.26 Å². The standard InChI is InChI=1S/C13H13N/c14-10-9-12-7-2-1-5-11-6-3-4-8-13(11)12/h3-4,6,8-9H,1-2,5,7H2/b12-9-. The Morgan fingerprint density at radius 1 is 1.14 bits per heavy atom. The molecule has 2 rings (SSSR count). The Labute approximate surface area is 84.7 Å². The highest BCUT2D eigenvalue weighted by Crippen LogP contribution is 2.28. The molecule has 14 heavy (non-hydrogen) atoms. The highest BCUT2D eigenvalue weighted by molar-refractivity contribution is 5.70. The molecule has 0 atom stereocenters. The zero-order chi connectivity index (χ0) is 9.80. The van der Waals surface area contributed by atoms with Crippen LogP contribution in [-0.4, -0.2) is 0 Å². The number of aryl methyl sites for hydroxylation is 1. The number of hydrogen-bond acceptors (Lipinski definition) is 1. The number of nitriles is 1. The highest BCUT2D eigenvalue weighted by atomic mass is 14.2. The molecule has 1 aliphatic carbocycles. The number of nitrogens with zero attached hydrogens (tertiary/aromatic N) is 1. The lowest BCUT2D eigenvalue weighted by Crippen LogP contribution is -1.88. The summed E-state index contributed by atoms with van der Waals surface area (Å²) in [5, 5.41) is 8.71. The van der Waals surface area contributed by atoms with Crippen molar-refractivity contribution >= 4 is 5.57 Å². The molecule has 1 aromatic carbocycles. The Kier molecular flexibility index (Phi) is 2.65. The fourth-order valence-corrected chi connectivity index (χ4v) is 2.04. The van der Waals surface area contributed by atoms with Crippen molar-refractivity contribution in [1.29, 1.82) is 5.26 Å². The topological polar surface area (TPSA) is 23.8 Å². The molecule has 0 N–H and O–H groups in total. The molecule has 0 amide bonds. The fourth-order valence-electron chi connectivity index (χ4n) is 2.04. The first-order chi connectivity index (χ1) is 6.92. The van der Waals surface area contributed by atoms with E-state index in [4.69, 9.17) is 5.26 Å². The zero-order valence-corrected chi connectivity index (χ0v) is 8.16. The first-order valence-corrected chi connectivity index (χ1v) is 5.09. The minimum Gasteiger partial charge on any atom is -0.193 e. The Balaban J connectivity index is 2.48. The molecule has 1 aliphatic rings. The second-order valence-corrected chi connectivity index (χ2v) is 3.66. The fraction of sp³-hybridized carbons (Fsp3) is 0.308. The summed E-state index contributed by atoms with van der Waals surface area (Å²) in [5.41, 5.74) is 3.89. The van der Waals surface area contributed by atoms with E-state index in [0.717, 1.165) is 12.8 Å². The van der Waals surface area contributed by atoms with Gasteiger partial charge in [0, 0.05) is 6.08 Å². The molecule has 0 aliphatic heterocycles. The second kappa shape index (κ2) is 4.11. The smallest absolute Gasteiger partial charge is 0.0915 e. The molecule has 0 heterocycles. The summed E-state index contributed by atoms with van der Waals surface area (Å²) in [6.07, 6.45) is 6.33. The van der Waals surface area contributed by atoms with Gasteiger partial charge in [0.15, 0.2) is 0 Å². The summed E-state index contributed by atoms with van der Waals surface area (Å²) in [7, 11) is 0. The molecule has 0 radical (unpaired) electrons. The lowest BCUT2D eigenvalue weighted by molar-refractivity contribution is 0.771. The third-order valence-electron chi connectivity index (χ3n) is 2.74. The molecule has 0 saturated heterocycles. The summed E-state index contributed by atoms with van der Waals surface area (Å²) in [6, 6.07) is 10.6. The van der Waals surface area contributed by atoms with Crippen molar-refractivity contribution in [3.05, 3.63) is 41.5 Å². The van der Waals surface area contributed by atoms with Crippen LogP contribution >= 0.6 is 0 Å². The average Bonchev–Trinajstić information content (AvgIpc) is 2.42. The van der Waals surface area contributed by atoms with E-state index in [1.54, 1.807) is 6.08 Å².